The van der Waals surface area contributed by atoms with Gasteiger partial charge in [0.15, 0.2) is 0 Å². The number of carbonyl (C=O) groups is 2. The number of unbranched alkanes of at least 4 members (excludes halogenated alkanes) is 1. The average molecular weight is 369 g/mol. The van der Waals surface area contributed by atoms with Crippen molar-refractivity contribution in [2.24, 2.45) is 5.92 Å². The number of carboxylic acids is 1. The number of rotatable bonds is 9. The first kappa shape index (κ1) is 21.5. The largest absolute Gasteiger partial charge is 0.481 e. The summed E-state index contributed by atoms with van der Waals surface area (Å²) in [5, 5.41) is 14.8. The molecule has 1 aliphatic heterocycles. The van der Waals surface area contributed by atoms with Crippen LogP contribution in [-0.4, -0.2) is 30.1 Å². The Morgan fingerprint density at radius 1 is 1.08 bits per heavy atom. The minimum Gasteiger partial charge on any atom is -0.481 e. The number of piperidine rings is 1. The van der Waals surface area contributed by atoms with Crippen molar-refractivity contribution in [2.75, 3.05) is 18.4 Å². The van der Waals surface area contributed by atoms with E-state index in [1.807, 2.05) is 12.1 Å². The van der Waals surface area contributed by atoms with Gasteiger partial charge in [0.2, 0.25) is 5.91 Å². The molecule has 1 fully saturated rings. The van der Waals surface area contributed by atoms with Crippen molar-refractivity contribution >= 4 is 30.0 Å². The average Bonchev–Trinajstić information content (AvgIpc) is 2.59. The van der Waals surface area contributed by atoms with E-state index in [-0.39, 0.29) is 24.7 Å². The van der Waals surface area contributed by atoms with Gasteiger partial charge in [-0.15, -0.1) is 12.4 Å². The third-order valence-electron chi connectivity index (χ3n) is 4.58. The van der Waals surface area contributed by atoms with Crippen LogP contribution in [0, 0.1) is 5.92 Å². The number of carboxylic acid groups (broad SMARTS) is 1. The standard InChI is InChI=1S/C19H28N2O3.ClH/c22-18(3-1-2-4-19(23)24)21-17-9-7-15(8-10-17)5-6-16-11-13-20-14-12-16;/h7-10,16,20H,1-6,11-14H2,(H,21,22)(H,23,24);1H. The maximum atomic E-state index is 11.8. The molecule has 1 saturated heterocycles. The summed E-state index contributed by atoms with van der Waals surface area (Å²) >= 11 is 0. The maximum Gasteiger partial charge on any atom is 0.303 e. The number of aryl methyl sites for hydroxylation is 1. The Morgan fingerprint density at radius 3 is 2.36 bits per heavy atom. The molecule has 2 rings (SSSR count). The van der Waals surface area contributed by atoms with Gasteiger partial charge in [0.1, 0.15) is 0 Å². The highest BCUT2D eigenvalue weighted by Gasteiger charge is 2.12. The summed E-state index contributed by atoms with van der Waals surface area (Å²) in [4.78, 5) is 22.2. The molecule has 1 amide bonds. The maximum absolute atomic E-state index is 11.8. The van der Waals surface area contributed by atoms with Crippen LogP contribution < -0.4 is 10.6 Å². The van der Waals surface area contributed by atoms with E-state index in [9.17, 15) is 9.59 Å². The van der Waals surface area contributed by atoms with Crippen LogP contribution in [-0.2, 0) is 16.0 Å². The van der Waals surface area contributed by atoms with Crippen LogP contribution in [0.5, 0.6) is 0 Å². The molecule has 1 heterocycles. The quantitative estimate of drug-likeness (QED) is 0.581. The van der Waals surface area contributed by atoms with Crippen LogP contribution in [0.1, 0.15) is 50.5 Å². The second kappa shape index (κ2) is 11.9. The first-order valence-corrected chi connectivity index (χ1v) is 8.95. The number of hydrogen-bond acceptors (Lipinski definition) is 3. The molecule has 140 valence electrons. The second-order valence-electron chi connectivity index (χ2n) is 6.58. The first-order valence-electron chi connectivity index (χ1n) is 8.95. The Hall–Kier alpha value is -1.59. The third-order valence-corrected chi connectivity index (χ3v) is 4.58. The summed E-state index contributed by atoms with van der Waals surface area (Å²) in [5.74, 6) is -0.0326. The SMILES string of the molecule is Cl.O=C(O)CCCCC(=O)Nc1ccc(CCC2CCNCC2)cc1. The van der Waals surface area contributed by atoms with Crippen molar-refractivity contribution in [3.63, 3.8) is 0 Å². The van der Waals surface area contributed by atoms with E-state index < -0.39 is 5.97 Å². The number of hydrogen-bond donors (Lipinski definition) is 3. The Kier molecular flexibility index (Phi) is 10.2. The minimum atomic E-state index is -0.810. The molecule has 0 aliphatic carbocycles. The monoisotopic (exact) mass is 368 g/mol. The summed E-state index contributed by atoms with van der Waals surface area (Å²) in [5.41, 5.74) is 2.12. The van der Waals surface area contributed by atoms with E-state index in [0.717, 1.165) is 31.1 Å². The molecular formula is C19H29ClN2O3. The normalized spacial score (nSPS) is 14.6. The van der Waals surface area contributed by atoms with Gasteiger partial charge in [-0.05, 0) is 75.2 Å². The molecule has 0 saturated carbocycles. The lowest BCUT2D eigenvalue weighted by Gasteiger charge is -2.22. The van der Waals surface area contributed by atoms with Gasteiger partial charge in [0, 0.05) is 18.5 Å². The predicted octanol–water partition coefficient (Wildman–Crippen LogP) is 3.62. The van der Waals surface area contributed by atoms with Crippen molar-refractivity contribution in [1.29, 1.82) is 0 Å². The van der Waals surface area contributed by atoms with Crippen molar-refractivity contribution < 1.29 is 14.7 Å². The molecule has 0 radical (unpaired) electrons. The van der Waals surface area contributed by atoms with Gasteiger partial charge < -0.3 is 15.7 Å². The molecule has 0 unspecified atom stereocenters. The summed E-state index contributed by atoms with van der Waals surface area (Å²) in [6.07, 6.45) is 6.51. The lowest BCUT2D eigenvalue weighted by Crippen LogP contribution is -2.27. The third kappa shape index (κ3) is 8.89. The number of nitrogens with one attached hydrogen (secondary N) is 2. The van der Waals surface area contributed by atoms with E-state index in [1.165, 1.54) is 24.8 Å². The molecular weight excluding hydrogens is 340 g/mol. The molecule has 25 heavy (non-hydrogen) atoms. The fraction of sp³-hybridized carbons (Fsp3) is 0.579. The van der Waals surface area contributed by atoms with Gasteiger partial charge in [0.25, 0.3) is 0 Å². The van der Waals surface area contributed by atoms with Crippen LogP contribution in [0.15, 0.2) is 24.3 Å². The van der Waals surface area contributed by atoms with E-state index in [2.05, 4.69) is 22.8 Å². The minimum absolute atomic E-state index is 0. The van der Waals surface area contributed by atoms with Gasteiger partial charge >= 0.3 is 5.97 Å². The smallest absolute Gasteiger partial charge is 0.303 e. The number of benzene rings is 1. The topological polar surface area (TPSA) is 78.4 Å². The highest BCUT2D eigenvalue weighted by atomic mass is 35.5. The van der Waals surface area contributed by atoms with Gasteiger partial charge in [-0.1, -0.05) is 12.1 Å². The van der Waals surface area contributed by atoms with Crippen molar-refractivity contribution in [2.45, 2.75) is 51.4 Å². The first-order chi connectivity index (χ1) is 11.6. The number of aliphatic carboxylic acids is 1. The summed E-state index contributed by atoms with van der Waals surface area (Å²) in [6.45, 7) is 2.28. The van der Waals surface area contributed by atoms with Crippen molar-refractivity contribution in [3.05, 3.63) is 29.8 Å². The van der Waals surface area contributed by atoms with Gasteiger partial charge in [0.05, 0.1) is 0 Å². The highest BCUT2D eigenvalue weighted by Crippen LogP contribution is 2.19. The molecule has 0 spiro atoms. The number of anilines is 1. The fourth-order valence-corrected chi connectivity index (χ4v) is 3.08. The summed E-state index contributed by atoms with van der Waals surface area (Å²) < 4.78 is 0. The zero-order valence-corrected chi connectivity index (χ0v) is 15.4. The van der Waals surface area contributed by atoms with Crippen LogP contribution in [0.3, 0.4) is 0 Å². The molecule has 1 aromatic rings. The van der Waals surface area contributed by atoms with Crippen LogP contribution in [0.25, 0.3) is 0 Å². The lowest BCUT2D eigenvalue weighted by atomic mass is 9.91. The Balaban J connectivity index is 0.00000312. The van der Waals surface area contributed by atoms with Crippen molar-refractivity contribution in [3.8, 4) is 0 Å². The zero-order chi connectivity index (χ0) is 17.2. The fourth-order valence-electron chi connectivity index (χ4n) is 3.08. The van der Waals surface area contributed by atoms with Crippen LogP contribution in [0.2, 0.25) is 0 Å². The highest BCUT2D eigenvalue weighted by molar-refractivity contribution is 5.90. The Labute approximate surface area is 156 Å². The van der Waals surface area contributed by atoms with Crippen LogP contribution in [0.4, 0.5) is 5.69 Å². The summed E-state index contributed by atoms with van der Waals surface area (Å²) in [7, 11) is 0. The van der Waals surface area contributed by atoms with Gasteiger partial charge in [-0.3, -0.25) is 9.59 Å². The predicted molar refractivity (Wildman–Crippen MR) is 102 cm³/mol. The molecule has 0 atom stereocenters. The van der Waals surface area contributed by atoms with Gasteiger partial charge in [-0.2, -0.15) is 0 Å². The molecule has 0 aromatic heterocycles. The van der Waals surface area contributed by atoms with Crippen molar-refractivity contribution in [1.82, 2.24) is 5.32 Å². The number of amides is 1. The number of carbonyl (C=O) groups excluding carboxylic acids is 1. The molecule has 1 aromatic carbocycles. The second-order valence-corrected chi connectivity index (χ2v) is 6.58. The van der Waals surface area contributed by atoms with Crippen LogP contribution >= 0.6 is 12.4 Å². The zero-order valence-electron chi connectivity index (χ0n) is 14.6. The Morgan fingerprint density at radius 2 is 1.72 bits per heavy atom. The molecule has 0 bridgehead atoms. The number of halogens is 1. The Bertz CT molecular complexity index is 528. The van der Waals surface area contributed by atoms with E-state index in [1.54, 1.807) is 0 Å². The summed E-state index contributed by atoms with van der Waals surface area (Å²) in [6, 6.07) is 8.07. The lowest BCUT2D eigenvalue weighted by molar-refractivity contribution is -0.137. The molecule has 3 N–H and O–H groups in total. The van der Waals surface area contributed by atoms with E-state index in [0.29, 0.717) is 19.3 Å². The van der Waals surface area contributed by atoms with Gasteiger partial charge in [-0.25, -0.2) is 0 Å². The van der Waals surface area contributed by atoms with E-state index in [4.69, 9.17) is 5.11 Å². The van der Waals surface area contributed by atoms with E-state index >= 15 is 0 Å². The molecule has 1 aliphatic rings. The molecule has 5 nitrogen and oxygen atoms in total. The molecule has 6 heteroatoms.